The SMILES string of the molecule is CNC(CO[Si](c1ccccc1)(c1ccccc1)C(C)(C)C)C(C)C. The Hall–Kier alpha value is -1.42. The van der Waals surface area contributed by atoms with E-state index >= 15 is 0 Å². The van der Waals surface area contributed by atoms with Crippen LogP contribution in [0.3, 0.4) is 0 Å². The fraction of sp³-hybridized carbons (Fsp3) is 0.455. The van der Waals surface area contributed by atoms with E-state index in [2.05, 4.69) is 101 Å². The minimum atomic E-state index is -2.41. The van der Waals surface area contributed by atoms with Crippen molar-refractivity contribution in [2.75, 3.05) is 13.7 Å². The third-order valence-corrected chi connectivity index (χ3v) is 10.1. The molecule has 2 aromatic rings. The molecule has 2 aromatic carbocycles. The van der Waals surface area contributed by atoms with Gasteiger partial charge in [-0.25, -0.2) is 0 Å². The summed E-state index contributed by atoms with van der Waals surface area (Å²) in [5.41, 5.74) is 0. The van der Waals surface area contributed by atoms with Crippen LogP contribution in [0.15, 0.2) is 60.7 Å². The number of benzene rings is 2. The fourth-order valence-electron chi connectivity index (χ4n) is 3.59. The molecule has 1 N–H and O–H groups in total. The quantitative estimate of drug-likeness (QED) is 0.763. The molecule has 0 radical (unpaired) electrons. The monoisotopic (exact) mass is 355 g/mol. The summed E-state index contributed by atoms with van der Waals surface area (Å²) in [7, 11) is -0.387. The lowest BCUT2D eigenvalue weighted by atomic mass is 10.1. The lowest BCUT2D eigenvalue weighted by Gasteiger charge is -2.44. The van der Waals surface area contributed by atoms with E-state index in [1.165, 1.54) is 10.4 Å². The van der Waals surface area contributed by atoms with E-state index in [0.717, 1.165) is 6.61 Å². The van der Waals surface area contributed by atoms with E-state index < -0.39 is 8.32 Å². The summed E-state index contributed by atoms with van der Waals surface area (Å²) in [6.45, 7) is 12.2. The van der Waals surface area contributed by atoms with E-state index in [9.17, 15) is 0 Å². The fourth-order valence-corrected chi connectivity index (χ4v) is 8.17. The molecular weight excluding hydrogens is 322 g/mol. The molecule has 2 rings (SSSR count). The molecule has 0 aliphatic rings. The van der Waals surface area contributed by atoms with Crippen LogP contribution < -0.4 is 15.7 Å². The zero-order chi connectivity index (χ0) is 18.5. The Morgan fingerprint density at radius 3 is 1.64 bits per heavy atom. The van der Waals surface area contributed by atoms with E-state index in [4.69, 9.17) is 4.43 Å². The first-order valence-electron chi connectivity index (χ1n) is 9.25. The molecule has 0 aliphatic heterocycles. The summed E-state index contributed by atoms with van der Waals surface area (Å²) in [5, 5.41) is 6.14. The van der Waals surface area contributed by atoms with Crippen molar-refractivity contribution in [1.29, 1.82) is 0 Å². The maximum absolute atomic E-state index is 6.96. The zero-order valence-electron chi connectivity index (χ0n) is 16.5. The number of hydrogen-bond donors (Lipinski definition) is 1. The molecule has 1 unspecified atom stereocenters. The van der Waals surface area contributed by atoms with Gasteiger partial charge in [-0.05, 0) is 28.4 Å². The van der Waals surface area contributed by atoms with Crippen molar-refractivity contribution < 1.29 is 4.43 Å². The van der Waals surface area contributed by atoms with Gasteiger partial charge in [0.2, 0.25) is 0 Å². The Balaban J connectivity index is 2.56. The average Bonchev–Trinajstić information content (AvgIpc) is 2.59. The maximum atomic E-state index is 6.96. The second kappa shape index (κ2) is 8.30. The molecule has 0 spiro atoms. The average molecular weight is 356 g/mol. The molecule has 2 nitrogen and oxygen atoms in total. The summed E-state index contributed by atoms with van der Waals surface area (Å²) in [5.74, 6) is 0.531. The van der Waals surface area contributed by atoms with Crippen molar-refractivity contribution >= 4 is 18.7 Å². The van der Waals surface area contributed by atoms with Gasteiger partial charge in [-0.2, -0.15) is 0 Å². The number of rotatable bonds is 7. The number of nitrogens with one attached hydrogen (secondary N) is 1. The lowest BCUT2D eigenvalue weighted by molar-refractivity contribution is 0.226. The third kappa shape index (κ3) is 4.22. The smallest absolute Gasteiger partial charge is 0.261 e. The van der Waals surface area contributed by atoms with Crippen molar-refractivity contribution in [3.63, 3.8) is 0 Å². The third-order valence-electron chi connectivity index (χ3n) is 5.07. The highest BCUT2D eigenvalue weighted by molar-refractivity contribution is 6.99. The van der Waals surface area contributed by atoms with Gasteiger partial charge in [0, 0.05) is 6.04 Å². The summed E-state index contributed by atoms with van der Waals surface area (Å²) in [6, 6.07) is 22.0. The van der Waals surface area contributed by atoms with E-state index in [1.54, 1.807) is 0 Å². The molecule has 0 aliphatic carbocycles. The van der Waals surface area contributed by atoms with Gasteiger partial charge in [-0.15, -0.1) is 0 Å². The molecule has 3 heteroatoms. The number of hydrogen-bond acceptors (Lipinski definition) is 2. The van der Waals surface area contributed by atoms with Gasteiger partial charge >= 0.3 is 0 Å². The molecule has 0 fully saturated rings. The van der Waals surface area contributed by atoms with Crippen LogP contribution in [-0.2, 0) is 4.43 Å². The predicted molar refractivity (Wildman–Crippen MR) is 111 cm³/mol. The summed E-state index contributed by atoms with van der Waals surface area (Å²) >= 11 is 0. The predicted octanol–water partition coefficient (Wildman–Crippen LogP) is 3.81. The summed E-state index contributed by atoms with van der Waals surface area (Å²) < 4.78 is 6.96. The van der Waals surface area contributed by atoms with Gasteiger partial charge in [-0.1, -0.05) is 95.3 Å². The Bertz CT molecular complexity index is 595. The Morgan fingerprint density at radius 2 is 1.32 bits per heavy atom. The molecule has 0 bridgehead atoms. The van der Waals surface area contributed by atoms with Crippen LogP contribution in [0.1, 0.15) is 34.6 Å². The van der Waals surface area contributed by atoms with Crippen molar-refractivity contribution in [3.05, 3.63) is 60.7 Å². The summed E-state index contributed by atoms with van der Waals surface area (Å²) in [4.78, 5) is 0. The van der Waals surface area contributed by atoms with Crippen LogP contribution in [0, 0.1) is 5.92 Å². The van der Waals surface area contributed by atoms with Crippen molar-refractivity contribution in [2.45, 2.75) is 45.7 Å². The Kier molecular flexibility index (Phi) is 6.61. The molecular formula is C22H33NOSi. The minimum absolute atomic E-state index is 0.0327. The molecule has 0 saturated carbocycles. The minimum Gasteiger partial charge on any atom is -0.406 e. The summed E-state index contributed by atoms with van der Waals surface area (Å²) in [6.07, 6.45) is 0. The maximum Gasteiger partial charge on any atom is 0.261 e. The normalized spacial score (nSPS) is 13.9. The van der Waals surface area contributed by atoms with Gasteiger partial charge in [0.15, 0.2) is 0 Å². The van der Waals surface area contributed by atoms with Crippen LogP contribution in [0.25, 0.3) is 0 Å². The molecule has 0 aromatic heterocycles. The molecule has 136 valence electrons. The van der Waals surface area contributed by atoms with E-state index in [1.807, 2.05) is 7.05 Å². The highest BCUT2D eigenvalue weighted by Gasteiger charge is 2.50. The van der Waals surface area contributed by atoms with Crippen LogP contribution in [-0.4, -0.2) is 28.0 Å². The molecule has 25 heavy (non-hydrogen) atoms. The van der Waals surface area contributed by atoms with E-state index in [-0.39, 0.29) is 5.04 Å². The second-order valence-electron chi connectivity index (χ2n) is 8.11. The standard InChI is InChI=1S/C22H33NOSi/c1-18(2)21(23-6)17-24-25(22(3,4)5,19-13-9-7-10-14-19)20-15-11-8-12-16-20/h7-16,18,21,23H,17H2,1-6H3. The first-order chi connectivity index (χ1) is 11.8. The largest absolute Gasteiger partial charge is 0.406 e. The van der Waals surface area contributed by atoms with Gasteiger partial charge in [0.05, 0.1) is 6.61 Å². The van der Waals surface area contributed by atoms with Crippen LogP contribution >= 0.6 is 0 Å². The lowest BCUT2D eigenvalue weighted by Crippen LogP contribution is -2.67. The van der Waals surface area contributed by atoms with Crippen molar-refractivity contribution in [1.82, 2.24) is 5.32 Å². The first-order valence-corrected chi connectivity index (χ1v) is 11.2. The topological polar surface area (TPSA) is 21.3 Å². The Morgan fingerprint density at radius 1 is 0.880 bits per heavy atom. The molecule has 0 heterocycles. The molecule has 0 saturated heterocycles. The van der Waals surface area contributed by atoms with Crippen LogP contribution in [0.2, 0.25) is 5.04 Å². The van der Waals surface area contributed by atoms with E-state index in [0.29, 0.717) is 12.0 Å². The molecule has 1 atom stereocenters. The zero-order valence-corrected chi connectivity index (χ0v) is 17.5. The molecule has 0 amide bonds. The van der Waals surface area contributed by atoms with Gasteiger partial charge < -0.3 is 9.74 Å². The Labute approximate surface area is 154 Å². The van der Waals surface area contributed by atoms with Crippen molar-refractivity contribution in [3.8, 4) is 0 Å². The van der Waals surface area contributed by atoms with Crippen LogP contribution in [0.4, 0.5) is 0 Å². The highest BCUT2D eigenvalue weighted by atomic mass is 28.4. The van der Waals surface area contributed by atoms with Crippen LogP contribution in [0.5, 0.6) is 0 Å². The van der Waals surface area contributed by atoms with Crippen molar-refractivity contribution in [2.24, 2.45) is 5.92 Å². The number of likely N-dealkylation sites (N-methyl/N-ethyl adjacent to an activating group) is 1. The van der Waals surface area contributed by atoms with Gasteiger partial charge in [-0.3, -0.25) is 0 Å². The van der Waals surface area contributed by atoms with Gasteiger partial charge in [0.25, 0.3) is 8.32 Å². The highest BCUT2D eigenvalue weighted by Crippen LogP contribution is 2.36. The first kappa shape index (κ1) is 19.9. The second-order valence-corrected chi connectivity index (χ2v) is 12.4. The van der Waals surface area contributed by atoms with Gasteiger partial charge in [0.1, 0.15) is 0 Å².